The number of likely N-dealkylation sites (tertiary alicyclic amines) is 1. The van der Waals surface area contributed by atoms with Crippen molar-refractivity contribution in [2.75, 3.05) is 25.9 Å². The van der Waals surface area contributed by atoms with Crippen LogP contribution in [0.4, 0.5) is 0 Å². The van der Waals surface area contributed by atoms with Gasteiger partial charge >= 0.3 is 0 Å². The zero-order valence-electron chi connectivity index (χ0n) is 12.3. The summed E-state index contributed by atoms with van der Waals surface area (Å²) in [6.07, 6.45) is 3.90. The number of carbonyl (C=O) groups excluding carboxylic acids is 1. The summed E-state index contributed by atoms with van der Waals surface area (Å²) in [5, 5.41) is 2.99. The van der Waals surface area contributed by atoms with Crippen molar-refractivity contribution >= 4 is 34.9 Å². The molecule has 0 radical (unpaired) electrons. The van der Waals surface area contributed by atoms with Gasteiger partial charge in [-0.1, -0.05) is 12.2 Å². The highest BCUT2D eigenvalue weighted by atomic mass is 32.2. The first-order chi connectivity index (χ1) is 8.68. The molecule has 0 aromatic carbocycles. The molecule has 0 bridgehead atoms. The van der Waals surface area contributed by atoms with E-state index < -0.39 is 0 Å². The van der Waals surface area contributed by atoms with Gasteiger partial charge in [-0.25, -0.2) is 0 Å². The van der Waals surface area contributed by atoms with E-state index in [9.17, 15) is 4.79 Å². The highest BCUT2D eigenvalue weighted by Crippen LogP contribution is 2.34. The Morgan fingerprint density at radius 3 is 2.32 bits per heavy atom. The van der Waals surface area contributed by atoms with E-state index in [2.05, 4.69) is 16.5 Å². The third kappa shape index (κ3) is 4.93. The minimum absolute atomic E-state index is 0.0770. The Bertz CT molecular complexity index is 344. The van der Waals surface area contributed by atoms with Crippen LogP contribution in [0.15, 0.2) is 0 Å². The van der Waals surface area contributed by atoms with Crippen LogP contribution in [-0.4, -0.2) is 52.0 Å². The normalized spacial score (nSPS) is 20.0. The number of thiocarbonyl (C=S) groups is 1. The summed E-state index contributed by atoms with van der Waals surface area (Å²) in [6, 6.07) is 0. The standard InChI is InChI=1S/C13H25N3OS2/c1-12(2,3)15-10(17)9-16-7-5-13(19-4,6-8-16)11(14)18/h5-9H2,1-4H3,(H2,14,18)(H,15,17). The molecule has 1 fully saturated rings. The Labute approximate surface area is 125 Å². The molecule has 1 saturated heterocycles. The van der Waals surface area contributed by atoms with E-state index in [1.807, 2.05) is 20.8 Å². The average molecular weight is 303 g/mol. The van der Waals surface area contributed by atoms with E-state index in [-0.39, 0.29) is 16.2 Å². The van der Waals surface area contributed by atoms with Gasteiger partial charge in [0.15, 0.2) is 0 Å². The predicted molar refractivity (Wildman–Crippen MR) is 86.6 cm³/mol. The lowest BCUT2D eigenvalue weighted by molar-refractivity contribution is -0.123. The van der Waals surface area contributed by atoms with Gasteiger partial charge in [0.25, 0.3) is 0 Å². The second kappa shape index (κ2) is 6.41. The van der Waals surface area contributed by atoms with Crippen LogP contribution in [0.1, 0.15) is 33.6 Å². The number of piperidine rings is 1. The minimum atomic E-state index is -0.172. The molecule has 0 saturated carbocycles. The van der Waals surface area contributed by atoms with Gasteiger partial charge in [0.1, 0.15) is 0 Å². The molecule has 0 aliphatic carbocycles. The molecule has 4 nitrogen and oxygen atoms in total. The van der Waals surface area contributed by atoms with Gasteiger partial charge in [-0.2, -0.15) is 11.8 Å². The van der Waals surface area contributed by atoms with Gasteiger partial charge in [0.05, 0.1) is 16.3 Å². The predicted octanol–water partition coefficient (Wildman–Crippen LogP) is 1.38. The van der Waals surface area contributed by atoms with Crippen LogP contribution < -0.4 is 11.1 Å². The number of rotatable bonds is 4. The van der Waals surface area contributed by atoms with E-state index >= 15 is 0 Å². The maximum atomic E-state index is 11.9. The van der Waals surface area contributed by atoms with Gasteiger partial charge in [-0.05, 0) is 39.9 Å². The number of hydrogen-bond acceptors (Lipinski definition) is 4. The molecular weight excluding hydrogens is 278 g/mol. The van der Waals surface area contributed by atoms with Crippen LogP contribution in [-0.2, 0) is 4.79 Å². The fraction of sp³-hybridized carbons (Fsp3) is 0.846. The third-order valence-electron chi connectivity index (χ3n) is 3.39. The molecule has 1 aliphatic heterocycles. The van der Waals surface area contributed by atoms with Crippen molar-refractivity contribution in [3.05, 3.63) is 0 Å². The Morgan fingerprint density at radius 1 is 1.42 bits per heavy atom. The SMILES string of the molecule is CSC1(C(N)=S)CCN(CC(=O)NC(C)(C)C)CC1. The lowest BCUT2D eigenvalue weighted by Gasteiger charge is -2.40. The van der Waals surface area contributed by atoms with E-state index in [4.69, 9.17) is 18.0 Å². The van der Waals surface area contributed by atoms with Gasteiger partial charge < -0.3 is 11.1 Å². The van der Waals surface area contributed by atoms with Crippen molar-refractivity contribution in [2.45, 2.75) is 43.9 Å². The summed E-state index contributed by atoms with van der Waals surface area (Å²) in [4.78, 5) is 14.7. The molecule has 1 amide bonds. The van der Waals surface area contributed by atoms with E-state index in [1.54, 1.807) is 11.8 Å². The Morgan fingerprint density at radius 2 is 1.95 bits per heavy atom. The van der Waals surface area contributed by atoms with Gasteiger partial charge in [-0.3, -0.25) is 9.69 Å². The van der Waals surface area contributed by atoms with E-state index in [0.29, 0.717) is 11.5 Å². The number of hydrogen-bond donors (Lipinski definition) is 2. The summed E-state index contributed by atoms with van der Waals surface area (Å²) in [5.41, 5.74) is 5.68. The molecule has 1 heterocycles. The number of nitrogens with zero attached hydrogens (tertiary/aromatic N) is 1. The van der Waals surface area contributed by atoms with E-state index in [1.165, 1.54) is 0 Å². The first-order valence-corrected chi connectivity index (χ1v) is 8.20. The van der Waals surface area contributed by atoms with Crippen molar-refractivity contribution < 1.29 is 4.79 Å². The van der Waals surface area contributed by atoms with Gasteiger partial charge in [-0.15, -0.1) is 0 Å². The first kappa shape index (κ1) is 16.7. The number of nitrogens with two attached hydrogens (primary N) is 1. The maximum Gasteiger partial charge on any atom is 0.234 e. The second-order valence-corrected chi connectivity index (χ2v) is 7.77. The third-order valence-corrected chi connectivity index (χ3v) is 5.31. The molecule has 19 heavy (non-hydrogen) atoms. The number of nitrogens with one attached hydrogen (secondary N) is 1. The average Bonchev–Trinajstić information content (AvgIpc) is 2.27. The molecule has 0 unspecified atom stereocenters. The molecule has 1 aliphatic rings. The van der Waals surface area contributed by atoms with Crippen LogP contribution in [0, 0.1) is 0 Å². The molecule has 110 valence electrons. The molecular formula is C13H25N3OS2. The lowest BCUT2D eigenvalue weighted by Crippen LogP contribution is -2.52. The number of amides is 1. The van der Waals surface area contributed by atoms with Crippen molar-refractivity contribution in [3.63, 3.8) is 0 Å². The minimum Gasteiger partial charge on any atom is -0.392 e. The quantitative estimate of drug-likeness (QED) is 0.769. The lowest BCUT2D eigenvalue weighted by atomic mass is 9.95. The smallest absolute Gasteiger partial charge is 0.234 e. The van der Waals surface area contributed by atoms with E-state index in [0.717, 1.165) is 25.9 Å². The summed E-state index contributed by atoms with van der Waals surface area (Å²) < 4.78 is -0.0770. The summed E-state index contributed by atoms with van der Waals surface area (Å²) >= 11 is 6.92. The summed E-state index contributed by atoms with van der Waals surface area (Å²) in [6.45, 7) is 8.18. The van der Waals surface area contributed by atoms with Crippen molar-refractivity contribution in [1.29, 1.82) is 0 Å². The second-order valence-electron chi connectivity index (χ2n) is 6.14. The largest absolute Gasteiger partial charge is 0.392 e. The first-order valence-electron chi connectivity index (χ1n) is 6.57. The molecule has 0 atom stereocenters. The van der Waals surface area contributed by atoms with Crippen LogP contribution in [0.5, 0.6) is 0 Å². The fourth-order valence-electron chi connectivity index (χ4n) is 2.28. The Hall–Kier alpha value is -0.330. The highest BCUT2D eigenvalue weighted by Gasteiger charge is 2.37. The molecule has 0 aromatic rings. The van der Waals surface area contributed by atoms with Crippen LogP contribution in [0.3, 0.4) is 0 Å². The molecule has 0 spiro atoms. The van der Waals surface area contributed by atoms with Crippen LogP contribution in [0.2, 0.25) is 0 Å². The zero-order chi connectivity index (χ0) is 14.7. The maximum absolute atomic E-state index is 11.9. The molecule has 6 heteroatoms. The van der Waals surface area contributed by atoms with Crippen LogP contribution in [0.25, 0.3) is 0 Å². The van der Waals surface area contributed by atoms with Gasteiger partial charge in [0.2, 0.25) is 5.91 Å². The zero-order valence-corrected chi connectivity index (χ0v) is 13.9. The molecule has 1 rings (SSSR count). The highest BCUT2D eigenvalue weighted by molar-refractivity contribution is 8.02. The van der Waals surface area contributed by atoms with Crippen molar-refractivity contribution in [3.8, 4) is 0 Å². The van der Waals surface area contributed by atoms with Crippen LogP contribution >= 0.6 is 24.0 Å². The monoisotopic (exact) mass is 303 g/mol. The van der Waals surface area contributed by atoms with Crippen molar-refractivity contribution in [1.82, 2.24) is 10.2 Å². The van der Waals surface area contributed by atoms with Gasteiger partial charge in [0, 0.05) is 18.6 Å². The Balaban J connectivity index is 2.46. The number of carbonyl (C=O) groups is 1. The fourth-order valence-corrected chi connectivity index (χ4v) is 3.53. The Kier molecular flexibility index (Phi) is 5.65. The summed E-state index contributed by atoms with van der Waals surface area (Å²) in [5.74, 6) is 0.0828. The topological polar surface area (TPSA) is 58.4 Å². The number of thioether (sulfide) groups is 1. The molecule has 3 N–H and O–H groups in total. The molecule has 0 aromatic heterocycles. The van der Waals surface area contributed by atoms with Crippen molar-refractivity contribution in [2.24, 2.45) is 5.73 Å². The summed E-state index contributed by atoms with van der Waals surface area (Å²) in [7, 11) is 0.